The summed E-state index contributed by atoms with van der Waals surface area (Å²) in [5.74, 6) is 1.44. The molecule has 1 aliphatic heterocycles. The summed E-state index contributed by atoms with van der Waals surface area (Å²) in [4.78, 5) is 15.5. The van der Waals surface area contributed by atoms with Gasteiger partial charge in [-0.15, -0.1) is 11.3 Å². The molecule has 0 unspecified atom stereocenters. The number of rotatable bonds is 2. The Bertz CT molecular complexity index is 522. The van der Waals surface area contributed by atoms with Crippen LogP contribution in [0, 0.1) is 0 Å². The van der Waals surface area contributed by atoms with Gasteiger partial charge in [-0.2, -0.15) is 11.8 Å². The molecule has 1 amide bonds. The predicted molar refractivity (Wildman–Crippen MR) is 78.7 cm³/mol. The molecule has 1 saturated heterocycles. The molecule has 0 spiro atoms. The normalized spacial score (nSPS) is 20.2. The van der Waals surface area contributed by atoms with Crippen molar-refractivity contribution >= 4 is 29.0 Å². The van der Waals surface area contributed by atoms with E-state index in [1.54, 1.807) is 29.7 Å². The summed E-state index contributed by atoms with van der Waals surface area (Å²) in [5.41, 5.74) is 0. The zero-order valence-electron chi connectivity index (χ0n) is 10.5. The van der Waals surface area contributed by atoms with Crippen molar-refractivity contribution in [1.82, 2.24) is 4.90 Å². The van der Waals surface area contributed by atoms with Gasteiger partial charge >= 0.3 is 0 Å². The van der Waals surface area contributed by atoms with Crippen LogP contribution in [0.3, 0.4) is 0 Å². The van der Waals surface area contributed by atoms with Crippen molar-refractivity contribution in [3.8, 4) is 0 Å². The maximum Gasteiger partial charge on any atom is 0.289 e. The molecule has 1 fully saturated rings. The summed E-state index contributed by atoms with van der Waals surface area (Å²) in [7, 11) is 0. The summed E-state index contributed by atoms with van der Waals surface area (Å²) < 4.78 is 5.19. The van der Waals surface area contributed by atoms with E-state index < -0.39 is 0 Å². The molecule has 0 aliphatic carbocycles. The highest BCUT2D eigenvalue weighted by atomic mass is 32.2. The number of carbonyl (C=O) groups excluding carboxylic acids is 1. The van der Waals surface area contributed by atoms with Crippen LogP contribution in [0.4, 0.5) is 0 Å². The fourth-order valence-corrected chi connectivity index (χ4v) is 4.47. The van der Waals surface area contributed by atoms with Gasteiger partial charge in [0.05, 0.1) is 6.26 Å². The van der Waals surface area contributed by atoms with Gasteiger partial charge in [-0.1, -0.05) is 6.07 Å². The molecule has 100 valence electrons. The Labute approximate surface area is 120 Å². The smallest absolute Gasteiger partial charge is 0.289 e. The molecule has 0 N–H and O–H groups in total. The molecule has 2 aromatic rings. The number of hydrogen-bond donors (Lipinski definition) is 0. The third kappa shape index (κ3) is 2.87. The zero-order chi connectivity index (χ0) is 13.1. The van der Waals surface area contributed by atoms with Gasteiger partial charge in [0, 0.05) is 29.0 Å². The van der Waals surface area contributed by atoms with Gasteiger partial charge in [-0.3, -0.25) is 4.79 Å². The van der Waals surface area contributed by atoms with Crippen LogP contribution in [0.5, 0.6) is 0 Å². The van der Waals surface area contributed by atoms with Crippen molar-refractivity contribution in [2.75, 3.05) is 18.8 Å². The van der Waals surface area contributed by atoms with Crippen molar-refractivity contribution in [3.63, 3.8) is 0 Å². The minimum atomic E-state index is 0.0115. The number of carbonyl (C=O) groups is 1. The fraction of sp³-hybridized carbons (Fsp3) is 0.357. The Morgan fingerprint density at radius 2 is 2.26 bits per heavy atom. The molecule has 0 radical (unpaired) electrons. The van der Waals surface area contributed by atoms with E-state index >= 15 is 0 Å². The average molecular weight is 293 g/mol. The Morgan fingerprint density at radius 3 is 3.00 bits per heavy atom. The highest BCUT2D eigenvalue weighted by Gasteiger charge is 2.24. The van der Waals surface area contributed by atoms with Crippen LogP contribution in [0.2, 0.25) is 0 Å². The molecular weight excluding hydrogens is 278 g/mol. The van der Waals surface area contributed by atoms with Crippen molar-refractivity contribution in [2.45, 2.75) is 11.7 Å². The number of thioether (sulfide) groups is 1. The molecule has 0 aromatic carbocycles. The first-order chi connectivity index (χ1) is 9.34. The van der Waals surface area contributed by atoms with E-state index in [0.29, 0.717) is 11.0 Å². The molecule has 1 atom stereocenters. The van der Waals surface area contributed by atoms with Gasteiger partial charge in [0.2, 0.25) is 0 Å². The standard InChI is InChI=1S/C14H15NO2S2/c16-14(11-3-1-8-17-11)15-6-5-13(19-10-7-15)12-4-2-9-18-12/h1-4,8-9,13H,5-7,10H2/t13-/m1/s1. The SMILES string of the molecule is O=C(c1ccco1)N1CCS[C@@H](c2cccs2)CC1. The van der Waals surface area contributed by atoms with Crippen LogP contribution in [0.1, 0.15) is 27.1 Å². The number of amides is 1. The van der Waals surface area contributed by atoms with Gasteiger partial charge in [0.15, 0.2) is 5.76 Å². The highest BCUT2D eigenvalue weighted by Crippen LogP contribution is 2.36. The molecule has 2 aromatic heterocycles. The van der Waals surface area contributed by atoms with Crippen molar-refractivity contribution in [3.05, 3.63) is 46.5 Å². The summed E-state index contributed by atoms with van der Waals surface area (Å²) in [6.45, 7) is 1.60. The third-order valence-corrected chi connectivity index (χ3v) is 5.67. The van der Waals surface area contributed by atoms with Crippen LogP contribution in [0.25, 0.3) is 0 Å². The molecule has 0 bridgehead atoms. The van der Waals surface area contributed by atoms with Crippen LogP contribution >= 0.6 is 23.1 Å². The molecule has 3 rings (SSSR count). The van der Waals surface area contributed by atoms with E-state index in [1.807, 2.05) is 16.7 Å². The van der Waals surface area contributed by atoms with Gasteiger partial charge in [-0.05, 0) is 30.0 Å². The maximum absolute atomic E-state index is 12.2. The highest BCUT2D eigenvalue weighted by molar-refractivity contribution is 7.99. The van der Waals surface area contributed by atoms with Crippen LogP contribution in [-0.2, 0) is 0 Å². The van der Waals surface area contributed by atoms with Gasteiger partial charge in [0.25, 0.3) is 5.91 Å². The second-order valence-corrected chi connectivity index (χ2v) is 6.72. The van der Waals surface area contributed by atoms with Crippen LogP contribution in [-0.4, -0.2) is 29.6 Å². The van der Waals surface area contributed by atoms with Gasteiger partial charge in [0.1, 0.15) is 0 Å². The van der Waals surface area contributed by atoms with E-state index in [2.05, 4.69) is 17.5 Å². The summed E-state index contributed by atoms with van der Waals surface area (Å²) in [6, 6.07) is 7.77. The lowest BCUT2D eigenvalue weighted by molar-refractivity contribution is 0.0735. The first-order valence-corrected chi connectivity index (χ1v) is 8.25. The van der Waals surface area contributed by atoms with Crippen molar-refractivity contribution in [2.24, 2.45) is 0 Å². The Morgan fingerprint density at radius 1 is 1.32 bits per heavy atom. The Kier molecular flexibility index (Phi) is 3.94. The second kappa shape index (κ2) is 5.84. The summed E-state index contributed by atoms with van der Waals surface area (Å²) in [6.07, 6.45) is 2.56. The van der Waals surface area contributed by atoms with Crippen molar-refractivity contribution in [1.29, 1.82) is 0 Å². The zero-order valence-corrected chi connectivity index (χ0v) is 12.1. The Balaban J connectivity index is 1.66. The average Bonchev–Trinajstić information content (AvgIpc) is 3.08. The lowest BCUT2D eigenvalue weighted by atomic mass is 10.2. The number of hydrogen-bond acceptors (Lipinski definition) is 4. The van der Waals surface area contributed by atoms with E-state index in [-0.39, 0.29) is 5.91 Å². The second-order valence-electron chi connectivity index (χ2n) is 4.43. The largest absolute Gasteiger partial charge is 0.459 e. The predicted octanol–water partition coefficient (Wildman–Crippen LogP) is 3.66. The first-order valence-electron chi connectivity index (χ1n) is 6.32. The lowest BCUT2D eigenvalue weighted by Crippen LogP contribution is -2.32. The minimum absolute atomic E-state index is 0.0115. The van der Waals surface area contributed by atoms with Crippen LogP contribution in [0.15, 0.2) is 40.3 Å². The first kappa shape index (κ1) is 12.8. The lowest BCUT2D eigenvalue weighted by Gasteiger charge is -2.18. The van der Waals surface area contributed by atoms with E-state index in [0.717, 1.165) is 25.3 Å². The molecule has 5 heteroatoms. The number of furan rings is 1. The molecule has 1 aliphatic rings. The molecule has 3 heterocycles. The summed E-state index contributed by atoms with van der Waals surface area (Å²) >= 11 is 3.75. The monoisotopic (exact) mass is 293 g/mol. The number of thiophene rings is 1. The number of nitrogens with zero attached hydrogens (tertiary/aromatic N) is 1. The maximum atomic E-state index is 12.2. The van der Waals surface area contributed by atoms with E-state index in [1.165, 1.54) is 4.88 Å². The van der Waals surface area contributed by atoms with Crippen LogP contribution < -0.4 is 0 Å². The molecule has 19 heavy (non-hydrogen) atoms. The minimum Gasteiger partial charge on any atom is -0.459 e. The fourth-order valence-electron chi connectivity index (χ4n) is 2.23. The van der Waals surface area contributed by atoms with E-state index in [4.69, 9.17) is 4.42 Å². The molecule has 0 saturated carbocycles. The molecule has 3 nitrogen and oxygen atoms in total. The Hall–Kier alpha value is -1.20. The topological polar surface area (TPSA) is 33.5 Å². The van der Waals surface area contributed by atoms with Crippen molar-refractivity contribution < 1.29 is 9.21 Å². The quantitative estimate of drug-likeness (QED) is 0.847. The molecular formula is C14H15NO2S2. The van der Waals surface area contributed by atoms with Gasteiger partial charge in [-0.25, -0.2) is 0 Å². The summed E-state index contributed by atoms with van der Waals surface area (Å²) in [5, 5.41) is 2.64. The van der Waals surface area contributed by atoms with E-state index in [9.17, 15) is 4.79 Å². The third-order valence-electron chi connectivity index (χ3n) is 3.22. The van der Waals surface area contributed by atoms with Gasteiger partial charge < -0.3 is 9.32 Å².